The molecule has 0 radical (unpaired) electrons. The Kier molecular flexibility index (Phi) is 4.69. The lowest BCUT2D eigenvalue weighted by atomic mass is 10.0. The predicted octanol–water partition coefficient (Wildman–Crippen LogP) is 5.01. The quantitative estimate of drug-likeness (QED) is 0.646. The molecule has 0 spiro atoms. The molecule has 4 nitrogen and oxygen atoms in total. The van der Waals surface area contributed by atoms with Crippen LogP contribution in [0.15, 0.2) is 60.8 Å². The van der Waals surface area contributed by atoms with Crippen molar-refractivity contribution in [3.63, 3.8) is 0 Å². The molecule has 1 heterocycles. The Morgan fingerprint density at radius 1 is 1.00 bits per heavy atom. The second-order valence-corrected chi connectivity index (χ2v) is 5.80. The number of amides is 1. The molecule has 2 N–H and O–H groups in total. The first-order chi connectivity index (χ1) is 11.6. The monoisotopic (exact) mass is 358 g/mol. The van der Waals surface area contributed by atoms with Crippen LogP contribution in [0.25, 0.3) is 11.1 Å². The molecule has 6 heteroatoms. The van der Waals surface area contributed by atoms with Crippen molar-refractivity contribution in [1.29, 1.82) is 0 Å². The smallest absolute Gasteiger partial charge is 0.258 e. The molecule has 0 aliphatic heterocycles. The summed E-state index contributed by atoms with van der Waals surface area (Å²) in [4.78, 5) is 16.3. The predicted molar refractivity (Wildman–Crippen MR) is 95.8 cm³/mol. The number of nitrogens with one attached hydrogen (secondary N) is 1. The first kappa shape index (κ1) is 16.3. The van der Waals surface area contributed by atoms with E-state index in [0.717, 1.165) is 5.56 Å². The topological polar surface area (TPSA) is 62.2 Å². The molecule has 0 saturated carbocycles. The van der Waals surface area contributed by atoms with Crippen LogP contribution in [0.1, 0.15) is 10.4 Å². The molecule has 0 fully saturated rings. The van der Waals surface area contributed by atoms with Crippen LogP contribution in [-0.4, -0.2) is 16.0 Å². The number of phenolic OH excluding ortho intramolecular Hbond substituents is 1. The van der Waals surface area contributed by atoms with E-state index < -0.39 is 5.91 Å². The standard InChI is InChI=1S/C18H12Cl2N2O2/c19-12-8-6-11(7-9-12)16-14(4-1-5-15(16)23)22-18(24)13-3-2-10-21-17(13)20/h1-10,23H,(H,22,24). The fourth-order valence-corrected chi connectivity index (χ4v) is 2.64. The van der Waals surface area contributed by atoms with Crippen molar-refractivity contribution < 1.29 is 9.90 Å². The minimum absolute atomic E-state index is 0.0485. The number of phenols is 1. The van der Waals surface area contributed by atoms with Gasteiger partial charge in [0.05, 0.1) is 11.3 Å². The van der Waals surface area contributed by atoms with Gasteiger partial charge in [-0.1, -0.05) is 41.4 Å². The van der Waals surface area contributed by atoms with Crippen molar-refractivity contribution in [2.24, 2.45) is 0 Å². The van der Waals surface area contributed by atoms with Crippen molar-refractivity contribution in [3.8, 4) is 16.9 Å². The maximum atomic E-state index is 12.4. The van der Waals surface area contributed by atoms with E-state index in [1.54, 1.807) is 54.6 Å². The van der Waals surface area contributed by atoms with Gasteiger partial charge in [0.1, 0.15) is 10.9 Å². The van der Waals surface area contributed by atoms with Gasteiger partial charge in [-0.15, -0.1) is 0 Å². The Labute approximate surface area is 148 Å². The Hall–Kier alpha value is -2.56. The number of aromatic hydroxyl groups is 1. The van der Waals surface area contributed by atoms with Crippen molar-refractivity contribution >= 4 is 34.8 Å². The lowest BCUT2D eigenvalue weighted by Gasteiger charge is -2.13. The van der Waals surface area contributed by atoms with E-state index in [2.05, 4.69) is 10.3 Å². The van der Waals surface area contributed by atoms with Crippen molar-refractivity contribution in [2.45, 2.75) is 0 Å². The van der Waals surface area contributed by atoms with E-state index in [0.29, 0.717) is 16.3 Å². The van der Waals surface area contributed by atoms with E-state index in [1.807, 2.05) is 0 Å². The highest BCUT2D eigenvalue weighted by Gasteiger charge is 2.16. The number of hydrogen-bond acceptors (Lipinski definition) is 3. The number of hydrogen-bond donors (Lipinski definition) is 2. The maximum Gasteiger partial charge on any atom is 0.258 e. The zero-order valence-corrected chi connectivity index (χ0v) is 13.8. The van der Waals surface area contributed by atoms with Crippen molar-refractivity contribution in [1.82, 2.24) is 4.98 Å². The molecule has 120 valence electrons. The van der Waals surface area contributed by atoms with Gasteiger partial charge in [0.2, 0.25) is 0 Å². The lowest BCUT2D eigenvalue weighted by molar-refractivity contribution is 0.102. The third-order valence-corrected chi connectivity index (χ3v) is 3.98. The van der Waals surface area contributed by atoms with Crippen LogP contribution in [0.2, 0.25) is 10.2 Å². The maximum absolute atomic E-state index is 12.4. The van der Waals surface area contributed by atoms with Crippen LogP contribution in [0, 0.1) is 0 Å². The number of carbonyl (C=O) groups excluding carboxylic acids is 1. The van der Waals surface area contributed by atoms with E-state index in [4.69, 9.17) is 23.2 Å². The fraction of sp³-hybridized carbons (Fsp3) is 0. The zero-order chi connectivity index (χ0) is 17.1. The second kappa shape index (κ2) is 6.91. The van der Waals surface area contributed by atoms with Crippen LogP contribution in [-0.2, 0) is 0 Å². The molecule has 0 bridgehead atoms. The number of pyridine rings is 1. The zero-order valence-electron chi connectivity index (χ0n) is 12.3. The van der Waals surface area contributed by atoms with Crippen LogP contribution in [0.5, 0.6) is 5.75 Å². The summed E-state index contributed by atoms with van der Waals surface area (Å²) >= 11 is 11.9. The molecule has 0 unspecified atom stereocenters. The molecule has 24 heavy (non-hydrogen) atoms. The molecule has 1 aromatic heterocycles. The number of carbonyl (C=O) groups is 1. The van der Waals surface area contributed by atoms with E-state index in [-0.39, 0.29) is 16.5 Å². The average molecular weight is 359 g/mol. The lowest BCUT2D eigenvalue weighted by Crippen LogP contribution is -2.13. The third kappa shape index (κ3) is 3.35. The minimum Gasteiger partial charge on any atom is -0.507 e. The Balaban J connectivity index is 2.00. The molecule has 0 saturated heterocycles. The van der Waals surface area contributed by atoms with Crippen LogP contribution in [0.3, 0.4) is 0 Å². The summed E-state index contributed by atoms with van der Waals surface area (Å²) in [5, 5.41) is 13.7. The Morgan fingerprint density at radius 3 is 2.46 bits per heavy atom. The molecule has 0 atom stereocenters. The summed E-state index contributed by atoms with van der Waals surface area (Å²) in [6.07, 6.45) is 1.51. The second-order valence-electron chi connectivity index (χ2n) is 5.00. The molecular weight excluding hydrogens is 347 g/mol. The first-order valence-electron chi connectivity index (χ1n) is 7.06. The molecule has 3 rings (SSSR count). The normalized spacial score (nSPS) is 10.4. The summed E-state index contributed by atoms with van der Waals surface area (Å²) in [5.41, 5.74) is 1.94. The Bertz CT molecular complexity index is 896. The number of benzene rings is 2. The number of aromatic nitrogens is 1. The summed E-state index contributed by atoms with van der Waals surface area (Å²) in [5.74, 6) is -0.360. The summed E-state index contributed by atoms with van der Waals surface area (Å²) in [6, 6.07) is 15.1. The first-order valence-corrected chi connectivity index (χ1v) is 7.81. The van der Waals surface area contributed by atoms with Gasteiger partial charge >= 0.3 is 0 Å². The van der Waals surface area contributed by atoms with Gasteiger partial charge in [-0.2, -0.15) is 0 Å². The van der Waals surface area contributed by atoms with Crippen molar-refractivity contribution in [3.05, 3.63) is 76.5 Å². The van der Waals surface area contributed by atoms with Gasteiger partial charge in [-0.25, -0.2) is 4.98 Å². The number of rotatable bonds is 3. The van der Waals surface area contributed by atoms with Gasteiger partial charge in [0.25, 0.3) is 5.91 Å². The van der Waals surface area contributed by atoms with Gasteiger partial charge in [0, 0.05) is 16.8 Å². The van der Waals surface area contributed by atoms with E-state index in [9.17, 15) is 9.90 Å². The number of halogens is 2. The highest BCUT2D eigenvalue weighted by molar-refractivity contribution is 6.33. The summed E-state index contributed by atoms with van der Waals surface area (Å²) in [6.45, 7) is 0. The highest BCUT2D eigenvalue weighted by atomic mass is 35.5. The summed E-state index contributed by atoms with van der Waals surface area (Å²) < 4.78 is 0. The molecule has 3 aromatic rings. The van der Waals surface area contributed by atoms with E-state index in [1.165, 1.54) is 6.20 Å². The molecular formula is C18H12Cl2N2O2. The van der Waals surface area contributed by atoms with Crippen LogP contribution >= 0.6 is 23.2 Å². The molecule has 0 aliphatic carbocycles. The Morgan fingerprint density at radius 2 is 1.75 bits per heavy atom. The largest absolute Gasteiger partial charge is 0.507 e. The minimum atomic E-state index is -0.408. The van der Waals surface area contributed by atoms with Gasteiger partial charge < -0.3 is 10.4 Å². The highest BCUT2D eigenvalue weighted by Crippen LogP contribution is 2.36. The molecule has 0 aliphatic rings. The third-order valence-electron chi connectivity index (χ3n) is 3.43. The number of nitrogens with zero attached hydrogens (tertiary/aromatic N) is 1. The molecule has 1 amide bonds. The van der Waals surface area contributed by atoms with Crippen LogP contribution in [0.4, 0.5) is 5.69 Å². The van der Waals surface area contributed by atoms with Gasteiger partial charge in [0.15, 0.2) is 0 Å². The average Bonchev–Trinajstić information content (AvgIpc) is 2.56. The van der Waals surface area contributed by atoms with Crippen molar-refractivity contribution in [2.75, 3.05) is 5.32 Å². The van der Waals surface area contributed by atoms with Gasteiger partial charge in [-0.05, 0) is 42.0 Å². The molecule has 2 aromatic carbocycles. The fourth-order valence-electron chi connectivity index (χ4n) is 2.31. The SMILES string of the molecule is O=C(Nc1cccc(O)c1-c1ccc(Cl)cc1)c1cccnc1Cl. The van der Waals surface area contributed by atoms with Gasteiger partial charge in [-0.3, -0.25) is 4.79 Å². The van der Waals surface area contributed by atoms with Crippen LogP contribution < -0.4 is 5.32 Å². The summed E-state index contributed by atoms with van der Waals surface area (Å²) in [7, 11) is 0. The van der Waals surface area contributed by atoms with E-state index >= 15 is 0 Å². The number of anilines is 1.